The van der Waals surface area contributed by atoms with Crippen LogP contribution in [0.15, 0.2) is 29.4 Å². The first-order valence-corrected chi connectivity index (χ1v) is 9.06. The van der Waals surface area contributed by atoms with Gasteiger partial charge in [0, 0.05) is 36.9 Å². The average molecular weight is 546 g/mol. The smallest absolute Gasteiger partial charge is 0.435 e. The van der Waals surface area contributed by atoms with Gasteiger partial charge in [0.05, 0.1) is 13.7 Å². The summed E-state index contributed by atoms with van der Waals surface area (Å²) in [6, 6.07) is 5.43. The molecule has 0 aliphatic carbocycles. The van der Waals surface area contributed by atoms with Gasteiger partial charge in [0.2, 0.25) is 0 Å². The molecular formula is C18H24ClF3IN5O. The van der Waals surface area contributed by atoms with E-state index in [1.807, 2.05) is 19.1 Å². The van der Waals surface area contributed by atoms with Crippen LogP contribution in [0.25, 0.3) is 0 Å². The van der Waals surface area contributed by atoms with E-state index < -0.39 is 11.9 Å². The molecule has 0 bridgehead atoms. The molecule has 11 heteroatoms. The third-order valence-corrected chi connectivity index (χ3v) is 4.22. The second kappa shape index (κ2) is 11.5. The molecule has 0 aliphatic rings. The minimum atomic E-state index is -4.51. The fourth-order valence-electron chi connectivity index (χ4n) is 2.57. The number of nitrogens with one attached hydrogen (secondary N) is 2. The summed E-state index contributed by atoms with van der Waals surface area (Å²) in [5.41, 5.74) is 0.0300. The summed E-state index contributed by atoms with van der Waals surface area (Å²) in [5, 5.41) is 10.2. The average Bonchev–Trinajstić information content (AvgIpc) is 3.02. The first-order valence-electron chi connectivity index (χ1n) is 8.69. The van der Waals surface area contributed by atoms with Gasteiger partial charge in [-0.2, -0.15) is 18.3 Å². The van der Waals surface area contributed by atoms with Crippen molar-refractivity contribution in [3.8, 4) is 5.75 Å². The molecule has 1 aromatic carbocycles. The highest BCUT2D eigenvalue weighted by Crippen LogP contribution is 2.30. The summed E-state index contributed by atoms with van der Waals surface area (Å²) < 4.78 is 45.4. The van der Waals surface area contributed by atoms with Crippen LogP contribution >= 0.6 is 35.6 Å². The van der Waals surface area contributed by atoms with E-state index in [0.717, 1.165) is 10.2 Å². The highest BCUT2D eigenvalue weighted by molar-refractivity contribution is 14.0. The molecule has 6 nitrogen and oxygen atoms in total. The van der Waals surface area contributed by atoms with Crippen LogP contribution in [0.1, 0.15) is 23.7 Å². The molecule has 0 aliphatic heterocycles. The fourth-order valence-corrected chi connectivity index (χ4v) is 2.84. The lowest BCUT2D eigenvalue weighted by atomic mass is 10.1. The van der Waals surface area contributed by atoms with Crippen molar-refractivity contribution in [2.75, 3.05) is 20.2 Å². The Kier molecular flexibility index (Phi) is 10.0. The number of methoxy groups -OCH3 is 1. The van der Waals surface area contributed by atoms with Crippen molar-refractivity contribution >= 4 is 41.5 Å². The number of ether oxygens (including phenoxy) is 1. The lowest BCUT2D eigenvalue weighted by Crippen LogP contribution is -2.38. The Labute approximate surface area is 189 Å². The van der Waals surface area contributed by atoms with Gasteiger partial charge < -0.3 is 15.4 Å². The van der Waals surface area contributed by atoms with Gasteiger partial charge in [-0.25, -0.2) is 4.99 Å². The molecule has 2 N–H and O–H groups in total. The van der Waals surface area contributed by atoms with E-state index in [2.05, 4.69) is 20.7 Å². The molecule has 0 amide bonds. The minimum Gasteiger partial charge on any atom is -0.497 e. The Morgan fingerprint density at radius 1 is 1.28 bits per heavy atom. The van der Waals surface area contributed by atoms with Crippen molar-refractivity contribution < 1.29 is 17.9 Å². The number of rotatable bonds is 7. The zero-order valence-corrected chi connectivity index (χ0v) is 19.4. The van der Waals surface area contributed by atoms with Crippen LogP contribution in [0.2, 0.25) is 5.02 Å². The number of guanidine groups is 1. The number of nitrogens with zero attached hydrogens (tertiary/aromatic N) is 3. The number of alkyl halides is 3. The first kappa shape index (κ1) is 25.3. The van der Waals surface area contributed by atoms with E-state index >= 15 is 0 Å². The van der Waals surface area contributed by atoms with Gasteiger partial charge in [-0.3, -0.25) is 4.68 Å². The molecule has 162 valence electrons. The lowest BCUT2D eigenvalue weighted by Gasteiger charge is -2.12. The number of hydrogen-bond acceptors (Lipinski definition) is 3. The van der Waals surface area contributed by atoms with Gasteiger partial charge in [0.25, 0.3) is 0 Å². The zero-order valence-electron chi connectivity index (χ0n) is 16.3. The molecule has 2 aromatic rings. The molecule has 0 saturated carbocycles. The van der Waals surface area contributed by atoms with Crippen molar-refractivity contribution in [3.63, 3.8) is 0 Å². The van der Waals surface area contributed by atoms with Crippen LogP contribution in [0, 0.1) is 0 Å². The Morgan fingerprint density at radius 3 is 2.59 bits per heavy atom. The van der Waals surface area contributed by atoms with Crippen LogP contribution in [0.4, 0.5) is 13.2 Å². The van der Waals surface area contributed by atoms with Crippen LogP contribution in [0.3, 0.4) is 0 Å². The minimum absolute atomic E-state index is 0. The molecule has 2 rings (SSSR count). The van der Waals surface area contributed by atoms with Crippen molar-refractivity contribution in [2.45, 2.75) is 26.1 Å². The topological polar surface area (TPSA) is 63.5 Å². The summed E-state index contributed by atoms with van der Waals surface area (Å²) in [7, 11) is 3.02. The van der Waals surface area contributed by atoms with Gasteiger partial charge in [0.1, 0.15) is 5.75 Å². The maximum atomic E-state index is 13.0. The van der Waals surface area contributed by atoms with E-state index in [1.54, 1.807) is 13.2 Å². The molecule has 1 aromatic heterocycles. The summed E-state index contributed by atoms with van der Waals surface area (Å²) in [6.07, 6.45) is -2.57. The number of hydrogen-bond donors (Lipinski definition) is 2. The molecule has 0 radical (unpaired) electrons. The van der Waals surface area contributed by atoms with Gasteiger partial charge in [0.15, 0.2) is 11.7 Å². The normalized spacial score (nSPS) is 11.8. The van der Waals surface area contributed by atoms with E-state index in [1.165, 1.54) is 13.2 Å². The molecule has 0 saturated heterocycles. The predicted octanol–water partition coefficient (Wildman–Crippen LogP) is 4.02. The van der Waals surface area contributed by atoms with Crippen LogP contribution in [-0.4, -0.2) is 35.9 Å². The molecule has 29 heavy (non-hydrogen) atoms. The molecule has 0 fully saturated rings. The van der Waals surface area contributed by atoms with Gasteiger partial charge in [-0.1, -0.05) is 17.7 Å². The van der Waals surface area contributed by atoms with Gasteiger partial charge in [-0.15, -0.1) is 24.0 Å². The Morgan fingerprint density at radius 2 is 2.00 bits per heavy atom. The molecule has 0 spiro atoms. The summed E-state index contributed by atoms with van der Waals surface area (Å²) in [4.78, 5) is 4.24. The molecule has 0 unspecified atom stereocenters. The Balaban J connectivity index is 0.00000420. The second-order valence-electron chi connectivity index (χ2n) is 6.00. The van der Waals surface area contributed by atoms with E-state index in [-0.39, 0.29) is 36.1 Å². The number of halogens is 5. The van der Waals surface area contributed by atoms with Crippen LogP contribution in [-0.2, 0) is 26.2 Å². The van der Waals surface area contributed by atoms with Crippen molar-refractivity contribution in [1.29, 1.82) is 0 Å². The third kappa shape index (κ3) is 7.57. The zero-order chi connectivity index (χ0) is 20.7. The quantitative estimate of drug-likeness (QED) is 0.314. The van der Waals surface area contributed by atoms with Gasteiger partial charge >= 0.3 is 6.18 Å². The first-order chi connectivity index (χ1) is 13.2. The van der Waals surface area contributed by atoms with Crippen molar-refractivity contribution in [2.24, 2.45) is 12.0 Å². The van der Waals surface area contributed by atoms with Crippen molar-refractivity contribution in [1.82, 2.24) is 20.4 Å². The third-order valence-electron chi connectivity index (χ3n) is 3.87. The fraction of sp³-hybridized carbons (Fsp3) is 0.444. The second-order valence-corrected chi connectivity index (χ2v) is 6.41. The van der Waals surface area contributed by atoms with Crippen LogP contribution < -0.4 is 15.4 Å². The van der Waals surface area contributed by atoms with Gasteiger partial charge in [-0.05, 0) is 31.0 Å². The summed E-state index contributed by atoms with van der Waals surface area (Å²) in [5.74, 6) is 1.10. The maximum absolute atomic E-state index is 13.0. The maximum Gasteiger partial charge on any atom is 0.435 e. The van der Waals surface area contributed by atoms with Crippen molar-refractivity contribution in [3.05, 3.63) is 46.2 Å². The number of benzene rings is 1. The highest BCUT2D eigenvalue weighted by atomic mass is 127. The molecule has 1 heterocycles. The monoisotopic (exact) mass is 545 g/mol. The summed E-state index contributed by atoms with van der Waals surface area (Å²) >= 11 is 6.22. The highest BCUT2D eigenvalue weighted by Gasteiger charge is 2.36. The van der Waals surface area contributed by atoms with E-state index in [4.69, 9.17) is 16.3 Å². The predicted molar refractivity (Wildman–Crippen MR) is 118 cm³/mol. The molecular weight excluding hydrogens is 522 g/mol. The van der Waals surface area contributed by atoms with E-state index in [9.17, 15) is 13.2 Å². The number of aryl methyl sites for hydroxylation is 1. The van der Waals surface area contributed by atoms with Crippen LogP contribution in [0.5, 0.6) is 5.75 Å². The van der Waals surface area contributed by atoms with E-state index in [0.29, 0.717) is 36.2 Å². The summed E-state index contributed by atoms with van der Waals surface area (Å²) in [6.45, 7) is 2.83. The number of aliphatic imine (C=N–C) groups is 1. The number of aromatic nitrogens is 2. The standard InChI is InChI=1S/C18H23ClF3N5O.HI/c1-4-23-17(24-8-7-12-5-6-14(28-3)9-15(12)19)25-10-13-11-27(2)26-16(13)18(20,21)22;/h5-6,9,11H,4,7-8,10H2,1-3H3,(H2,23,24,25);1H. The molecule has 0 atom stereocenters. The lowest BCUT2D eigenvalue weighted by molar-refractivity contribution is -0.142. The SMILES string of the molecule is CCNC(=NCc1cn(C)nc1C(F)(F)F)NCCc1ccc(OC)cc1Cl.I. The Bertz CT molecular complexity index is 826. The largest absolute Gasteiger partial charge is 0.497 e. The Hall–Kier alpha value is -1.69.